The van der Waals surface area contributed by atoms with Crippen molar-refractivity contribution in [2.75, 3.05) is 5.75 Å². The average Bonchev–Trinajstić information content (AvgIpc) is 2.25. The van der Waals surface area contributed by atoms with Gasteiger partial charge in [0.05, 0.1) is 5.75 Å². The maximum Gasteiger partial charge on any atom is 0.264 e. The van der Waals surface area contributed by atoms with Crippen molar-refractivity contribution < 1.29 is 13.0 Å². The van der Waals surface area contributed by atoms with E-state index in [1.165, 1.54) is 0 Å². The second kappa shape index (κ2) is 6.49. The van der Waals surface area contributed by atoms with E-state index in [0.717, 1.165) is 16.5 Å². The molecule has 1 aromatic carbocycles. The summed E-state index contributed by atoms with van der Waals surface area (Å²) in [4.78, 5) is 0. The van der Waals surface area contributed by atoms with Crippen LogP contribution in [-0.4, -0.2) is 24.8 Å². The largest absolute Gasteiger partial charge is 0.328 e. The zero-order chi connectivity index (χ0) is 12.9. The van der Waals surface area contributed by atoms with Crippen molar-refractivity contribution in [1.82, 2.24) is 0 Å². The molecule has 0 aromatic heterocycles. The molecule has 96 valence electrons. The van der Waals surface area contributed by atoms with E-state index in [1.54, 1.807) is 0 Å². The van der Waals surface area contributed by atoms with E-state index in [2.05, 4.69) is 15.9 Å². The fourth-order valence-corrected chi connectivity index (χ4v) is 2.31. The molecule has 1 aromatic rings. The lowest BCUT2D eigenvalue weighted by molar-refractivity contribution is 0.474. The molecule has 1 unspecified atom stereocenters. The lowest BCUT2D eigenvalue weighted by Gasteiger charge is -2.10. The van der Waals surface area contributed by atoms with Crippen LogP contribution in [-0.2, 0) is 16.5 Å². The first-order valence-electron chi connectivity index (χ1n) is 5.32. The van der Waals surface area contributed by atoms with Crippen LogP contribution < -0.4 is 5.73 Å². The Kier molecular flexibility index (Phi) is 5.58. The van der Waals surface area contributed by atoms with Crippen LogP contribution in [0.2, 0.25) is 0 Å². The van der Waals surface area contributed by atoms with E-state index >= 15 is 0 Å². The Morgan fingerprint density at radius 1 is 1.24 bits per heavy atom. The molecule has 6 heteroatoms. The van der Waals surface area contributed by atoms with E-state index in [1.807, 2.05) is 24.3 Å². The van der Waals surface area contributed by atoms with Crippen molar-refractivity contribution >= 4 is 26.0 Å². The summed E-state index contributed by atoms with van der Waals surface area (Å²) in [6.45, 7) is 0. The third kappa shape index (κ3) is 6.78. The molecule has 0 aliphatic heterocycles. The molecule has 3 N–H and O–H groups in total. The van der Waals surface area contributed by atoms with Gasteiger partial charge in [0.2, 0.25) is 0 Å². The standard InChI is InChI=1S/C11H16BrNO3S/c12-10-4-1-9(2-5-10)3-6-11(13)7-8-17(14,15)16/h1-2,4-5,11H,3,6-8,13H2,(H,14,15,16). The highest BCUT2D eigenvalue weighted by atomic mass is 79.9. The van der Waals surface area contributed by atoms with Crippen molar-refractivity contribution in [2.45, 2.75) is 25.3 Å². The van der Waals surface area contributed by atoms with E-state index < -0.39 is 10.1 Å². The fourth-order valence-electron chi connectivity index (χ4n) is 1.45. The highest BCUT2D eigenvalue weighted by Crippen LogP contribution is 2.12. The van der Waals surface area contributed by atoms with Crippen molar-refractivity contribution in [3.05, 3.63) is 34.3 Å². The van der Waals surface area contributed by atoms with Crippen LogP contribution in [0.5, 0.6) is 0 Å². The summed E-state index contributed by atoms with van der Waals surface area (Å²) in [6, 6.07) is 7.71. The topological polar surface area (TPSA) is 80.4 Å². The van der Waals surface area contributed by atoms with Gasteiger partial charge < -0.3 is 5.73 Å². The van der Waals surface area contributed by atoms with Gasteiger partial charge in [-0.1, -0.05) is 28.1 Å². The summed E-state index contributed by atoms with van der Waals surface area (Å²) in [5, 5.41) is 0. The van der Waals surface area contributed by atoms with Crippen LogP contribution in [0.4, 0.5) is 0 Å². The molecule has 1 atom stereocenters. The Hall–Kier alpha value is -0.430. The second-order valence-electron chi connectivity index (χ2n) is 4.00. The minimum absolute atomic E-state index is 0.208. The molecule has 4 nitrogen and oxygen atoms in total. The van der Waals surface area contributed by atoms with Crippen LogP contribution in [0.1, 0.15) is 18.4 Å². The van der Waals surface area contributed by atoms with Crippen LogP contribution in [0, 0.1) is 0 Å². The van der Waals surface area contributed by atoms with Crippen molar-refractivity contribution in [3.63, 3.8) is 0 Å². The van der Waals surface area contributed by atoms with Crippen molar-refractivity contribution in [3.8, 4) is 0 Å². The van der Waals surface area contributed by atoms with Gasteiger partial charge in [-0.3, -0.25) is 4.55 Å². The first-order chi connectivity index (χ1) is 7.87. The summed E-state index contributed by atoms with van der Waals surface area (Å²) >= 11 is 3.35. The molecule has 0 spiro atoms. The first-order valence-corrected chi connectivity index (χ1v) is 7.72. The van der Waals surface area contributed by atoms with Crippen LogP contribution in [0.3, 0.4) is 0 Å². The second-order valence-corrected chi connectivity index (χ2v) is 6.49. The van der Waals surface area contributed by atoms with Crippen molar-refractivity contribution in [2.24, 2.45) is 5.73 Å². The summed E-state index contributed by atoms with van der Waals surface area (Å²) in [6.07, 6.45) is 1.80. The molecule has 0 aliphatic rings. The number of benzene rings is 1. The van der Waals surface area contributed by atoms with Gasteiger partial charge in [-0.25, -0.2) is 0 Å². The molecule has 0 aliphatic carbocycles. The first kappa shape index (κ1) is 14.6. The monoisotopic (exact) mass is 321 g/mol. The number of aryl methyl sites for hydroxylation is 1. The predicted octanol–water partition coefficient (Wildman–Crippen LogP) is 1.99. The van der Waals surface area contributed by atoms with Gasteiger partial charge in [0.1, 0.15) is 0 Å². The Labute approximate surface area is 110 Å². The predicted molar refractivity (Wildman–Crippen MR) is 71.5 cm³/mol. The molecule has 0 fully saturated rings. The molecular weight excluding hydrogens is 306 g/mol. The summed E-state index contributed by atoms with van der Waals surface area (Å²) in [5.74, 6) is -0.269. The van der Waals surface area contributed by atoms with E-state index in [9.17, 15) is 8.42 Å². The summed E-state index contributed by atoms with van der Waals surface area (Å²) in [5.41, 5.74) is 6.94. The molecule has 0 radical (unpaired) electrons. The molecule has 0 bridgehead atoms. The molecule has 1 rings (SSSR count). The summed E-state index contributed by atoms with van der Waals surface area (Å²) < 4.78 is 30.7. The van der Waals surface area contributed by atoms with E-state index in [-0.39, 0.29) is 18.2 Å². The van der Waals surface area contributed by atoms with Crippen LogP contribution in [0.25, 0.3) is 0 Å². The maximum atomic E-state index is 10.5. The minimum atomic E-state index is -3.89. The Balaban J connectivity index is 2.33. The van der Waals surface area contributed by atoms with Crippen LogP contribution in [0.15, 0.2) is 28.7 Å². The SMILES string of the molecule is NC(CCc1ccc(Br)cc1)CCS(=O)(=O)O. The Morgan fingerprint density at radius 3 is 2.35 bits per heavy atom. The number of hydrogen-bond acceptors (Lipinski definition) is 3. The lowest BCUT2D eigenvalue weighted by atomic mass is 10.0. The lowest BCUT2D eigenvalue weighted by Crippen LogP contribution is -2.24. The zero-order valence-corrected chi connectivity index (χ0v) is 11.7. The number of halogens is 1. The van der Waals surface area contributed by atoms with Gasteiger partial charge in [-0.05, 0) is 37.0 Å². The van der Waals surface area contributed by atoms with Gasteiger partial charge in [0.25, 0.3) is 10.1 Å². The average molecular weight is 322 g/mol. The fraction of sp³-hybridized carbons (Fsp3) is 0.455. The molecular formula is C11H16BrNO3S. The molecule has 0 saturated heterocycles. The highest BCUT2D eigenvalue weighted by Gasteiger charge is 2.09. The van der Waals surface area contributed by atoms with Crippen LogP contribution >= 0.6 is 15.9 Å². The van der Waals surface area contributed by atoms with E-state index in [0.29, 0.717) is 6.42 Å². The Bertz CT molecular complexity index is 444. The Morgan fingerprint density at radius 2 is 1.82 bits per heavy atom. The quantitative estimate of drug-likeness (QED) is 0.785. The highest BCUT2D eigenvalue weighted by molar-refractivity contribution is 9.10. The zero-order valence-electron chi connectivity index (χ0n) is 9.34. The van der Waals surface area contributed by atoms with Gasteiger partial charge in [0.15, 0.2) is 0 Å². The van der Waals surface area contributed by atoms with Gasteiger partial charge >= 0.3 is 0 Å². The molecule has 0 amide bonds. The van der Waals surface area contributed by atoms with Gasteiger partial charge in [-0.15, -0.1) is 0 Å². The minimum Gasteiger partial charge on any atom is -0.328 e. The number of hydrogen-bond donors (Lipinski definition) is 2. The third-order valence-corrected chi connectivity index (χ3v) is 3.74. The maximum absolute atomic E-state index is 10.5. The number of rotatable bonds is 6. The smallest absolute Gasteiger partial charge is 0.264 e. The van der Waals surface area contributed by atoms with Crippen molar-refractivity contribution in [1.29, 1.82) is 0 Å². The van der Waals surface area contributed by atoms with Gasteiger partial charge in [-0.2, -0.15) is 8.42 Å². The summed E-state index contributed by atoms with van der Waals surface area (Å²) in [7, 11) is -3.89. The van der Waals surface area contributed by atoms with Gasteiger partial charge in [0, 0.05) is 10.5 Å². The molecule has 17 heavy (non-hydrogen) atoms. The molecule has 0 heterocycles. The number of nitrogens with two attached hydrogens (primary N) is 1. The molecule has 0 saturated carbocycles. The third-order valence-electron chi connectivity index (χ3n) is 2.46. The van der Waals surface area contributed by atoms with E-state index in [4.69, 9.17) is 10.3 Å². The normalized spacial score (nSPS) is 13.6.